The van der Waals surface area contributed by atoms with E-state index < -0.39 is 51.5 Å². The highest BCUT2D eigenvalue weighted by molar-refractivity contribution is 7.90. The van der Waals surface area contributed by atoms with Crippen LogP contribution in [0.2, 0.25) is 5.02 Å². The average Bonchev–Trinajstić information content (AvgIpc) is 3.79. The van der Waals surface area contributed by atoms with Gasteiger partial charge < -0.3 is 19.5 Å². The number of anilines is 2. The van der Waals surface area contributed by atoms with Crippen LogP contribution < -0.4 is 15.4 Å². The Labute approximate surface area is 288 Å². The topological polar surface area (TPSA) is 142 Å². The molecule has 2 heterocycles. The summed E-state index contributed by atoms with van der Waals surface area (Å²) in [5.41, 5.74) is 0.558. The number of aromatic nitrogens is 1. The van der Waals surface area contributed by atoms with Crippen molar-refractivity contribution in [3.8, 4) is 6.07 Å². The molecule has 5 rings (SSSR count). The second-order valence-corrected chi connectivity index (χ2v) is 15.7. The number of hydrogen-bond acceptors (Lipinski definition) is 7. The van der Waals surface area contributed by atoms with E-state index in [2.05, 4.69) is 26.4 Å². The standard InChI is InChI=1S/C35H40ClFN6O4S/c1-34(2,3)48(46)42-35(15-14-22-8-9-22,24-7-5-6-23(16-24)19-38)25-10-12-28(37)29(17-25)40-32(44)30-18-27(47-4)21-43(30)33(45)41-31-13-11-26(36)20-39-31/h5-7,10-13,16-17,20,22,27,30,42H,8-9,14-15,18,21H2,1-4H3,(H,40,44)(H,39,41,45)/t27-,30-,35-,48?/m1/s1. The minimum absolute atomic E-state index is 0.0892. The molecule has 1 unspecified atom stereocenters. The monoisotopic (exact) mass is 694 g/mol. The van der Waals surface area contributed by atoms with E-state index in [1.807, 2.05) is 26.8 Å². The summed E-state index contributed by atoms with van der Waals surface area (Å²) in [5, 5.41) is 15.5. The molecule has 1 aliphatic heterocycles. The normalized spacial score (nSPS) is 19.7. The van der Waals surface area contributed by atoms with Crippen LogP contribution in [0.5, 0.6) is 0 Å². The maximum Gasteiger partial charge on any atom is 0.323 e. The lowest BCUT2D eigenvalue weighted by Gasteiger charge is -2.39. The first kappa shape index (κ1) is 35.6. The summed E-state index contributed by atoms with van der Waals surface area (Å²) in [6.07, 6.45) is 4.72. The van der Waals surface area contributed by atoms with E-state index in [1.54, 1.807) is 42.5 Å². The van der Waals surface area contributed by atoms with E-state index >= 15 is 4.39 Å². The van der Waals surface area contributed by atoms with Gasteiger partial charge >= 0.3 is 6.03 Å². The Morgan fingerprint density at radius 1 is 1.15 bits per heavy atom. The van der Waals surface area contributed by atoms with E-state index in [1.165, 1.54) is 24.3 Å². The summed E-state index contributed by atoms with van der Waals surface area (Å²) in [6.45, 7) is 5.73. The first-order chi connectivity index (χ1) is 22.8. The van der Waals surface area contributed by atoms with Gasteiger partial charge in [-0.05, 0) is 87.1 Å². The van der Waals surface area contributed by atoms with Crippen molar-refractivity contribution < 1.29 is 23.3 Å². The van der Waals surface area contributed by atoms with Crippen molar-refractivity contribution in [2.45, 2.75) is 75.3 Å². The molecule has 0 bridgehead atoms. The quantitative estimate of drug-likeness (QED) is 0.195. The van der Waals surface area contributed by atoms with Gasteiger partial charge in [0.1, 0.15) is 28.0 Å². The largest absolute Gasteiger partial charge is 0.598 e. The Morgan fingerprint density at radius 3 is 2.54 bits per heavy atom. The molecule has 2 fully saturated rings. The molecular formula is C35H40ClFN6O4S. The summed E-state index contributed by atoms with van der Waals surface area (Å²) >= 11 is 4.36. The maximum atomic E-state index is 15.5. The fourth-order valence-corrected chi connectivity index (χ4v) is 6.86. The molecular weight excluding hydrogens is 655 g/mol. The molecule has 13 heteroatoms. The zero-order valence-corrected chi connectivity index (χ0v) is 29.0. The molecule has 3 aromatic rings. The second kappa shape index (κ2) is 14.8. The number of urea groups is 1. The maximum absolute atomic E-state index is 15.5. The van der Waals surface area contributed by atoms with Gasteiger partial charge in [-0.25, -0.2) is 14.2 Å². The van der Waals surface area contributed by atoms with Gasteiger partial charge in [-0.2, -0.15) is 5.26 Å². The van der Waals surface area contributed by atoms with Crippen molar-refractivity contribution in [2.24, 2.45) is 5.92 Å². The SMILES string of the molecule is CO[C@@H]1C[C@H](C(=O)Nc2cc([C@](CCC3CC3)(N[S+]([O-])C(C)(C)C)c3cccc(C#N)c3)ccc2F)N(C(=O)Nc2ccc(Cl)cn2)C1. The predicted octanol–water partition coefficient (Wildman–Crippen LogP) is 6.49. The number of hydrogen-bond donors (Lipinski definition) is 3. The first-order valence-electron chi connectivity index (χ1n) is 15.9. The molecule has 1 aliphatic carbocycles. The third-order valence-electron chi connectivity index (χ3n) is 8.77. The molecule has 4 atom stereocenters. The van der Waals surface area contributed by atoms with Crippen molar-refractivity contribution in [3.05, 3.63) is 88.3 Å². The Hall–Kier alpha value is -3.73. The number of halogens is 2. The van der Waals surface area contributed by atoms with Crippen molar-refractivity contribution in [2.75, 3.05) is 24.3 Å². The van der Waals surface area contributed by atoms with Crippen LogP contribution in [0.25, 0.3) is 0 Å². The number of amides is 3. The molecule has 254 valence electrons. The summed E-state index contributed by atoms with van der Waals surface area (Å²) < 4.78 is 37.6. The lowest BCUT2D eigenvalue weighted by Crippen LogP contribution is -2.52. The summed E-state index contributed by atoms with van der Waals surface area (Å²) in [6, 6.07) is 15.3. The second-order valence-electron chi connectivity index (χ2n) is 13.3. The summed E-state index contributed by atoms with van der Waals surface area (Å²) in [4.78, 5) is 32.5. The first-order valence-corrected chi connectivity index (χ1v) is 17.4. The Morgan fingerprint density at radius 2 is 1.90 bits per heavy atom. The minimum Gasteiger partial charge on any atom is -0.598 e. The number of nitrogens with zero attached hydrogens (tertiary/aromatic N) is 3. The number of likely N-dealkylation sites (tertiary alicyclic amines) is 1. The molecule has 48 heavy (non-hydrogen) atoms. The van der Waals surface area contributed by atoms with Gasteiger partial charge in [0.15, 0.2) is 0 Å². The minimum atomic E-state index is -1.56. The molecule has 0 radical (unpaired) electrons. The van der Waals surface area contributed by atoms with E-state index in [-0.39, 0.29) is 24.5 Å². The van der Waals surface area contributed by atoms with Gasteiger partial charge in [-0.3, -0.25) is 10.1 Å². The van der Waals surface area contributed by atoms with Crippen LogP contribution in [0.1, 0.15) is 69.6 Å². The lowest BCUT2D eigenvalue weighted by atomic mass is 9.79. The zero-order chi connectivity index (χ0) is 34.6. The van der Waals surface area contributed by atoms with Gasteiger partial charge in [0.2, 0.25) is 5.91 Å². The van der Waals surface area contributed by atoms with Crippen LogP contribution in [0, 0.1) is 23.1 Å². The number of nitrogens with one attached hydrogen (secondary N) is 3. The zero-order valence-electron chi connectivity index (χ0n) is 27.4. The van der Waals surface area contributed by atoms with Crippen molar-refractivity contribution in [1.29, 1.82) is 5.26 Å². The smallest absolute Gasteiger partial charge is 0.323 e. The number of rotatable bonds is 11. The molecule has 1 saturated carbocycles. The van der Waals surface area contributed by atoms with Gasteiger partial charge in [0, 0.05) is 37.6 Å². The fraction of sp³-hybridized carbons (Fsp3) is 0.429. The third-order valence-corrected chi connectivity index (χ3v) is 10.6. The number of pyridine rings is 1. The van der Waals surface area contributed by atoms with Crippen LogP contribution in [-0.2, 0) is 26.4 Å². The molecule has 2 aromatic carbocycles. The fourth-order valence-electron chi connectivity index (χ4n) is 5.79. The highest BCUT2D eigenvalue weighted by Crippen LogP contribution is 2.43. The molecule has 1 aromatic heterocycles. The average molecular weight is 695 g/mol. The van der Waals surface area contributed by atoms with Gasteiger partial charge in [0.05, 0.1) is 28.4 Å². The van der Waals surface area contributed by atoms with Crippen LogP contribution in [0.3, 0.4) is 0 Å². The van der Waals surface area contributed by atoms with E-state index in [4.69, 9.17) is 16.3 Å². The Balaban J connectivity index is 1.49. The number of benzene rings is 2. The van der Waals surface area contributed by atoms with Crippen molar-refractivity contribution in [3.63, 3.8) is 0 Å². The van der Waals surface area contributed by atoms with Crippen LogP contribution in [0.15, 0.2) is 60.8 Å². The van der Waals surface area contributed by atoms with Gasteiger partial charge in [-0.1, -0.05) is 42.6 Å². The Kier molecular flexibility index (Phi) is 11.0. The molecule has 3 N–H and O–H groups in total. The number of methoxy groups -OCH3 is 1. The number of ether oxygens (including phenoxy) is 1. The lowest BCUT2D eigenvalue weighted by molar-refractivity contribution is -0.119. The highest BCUT2D eigenvalue weighted by atomic mass is 35.5. The third kappa shape index (κ3) is 8.28. The number of nitriles is 1. The van der Waals surface area contributed by atoms with Gasteiger partial charge in [0.25, 0.3) is 0 Å². The Bertz CT molecular complexity index is 1680. The summed E-state index contributed by atoms with van der Waals surface area (Å²) in [7, 11) is 1.50. The molecule has 1 saturated heterocycles. The van der Waals surface area contributed by atoms with Crippen LogP contribution in [-0.4, -0.2) is 56.9 Å². The molecule has 0 spiro atoms. The van der Waals surface area contributed by atoms with Crippen LogP contribution in [0.4, 0.5) is 20.7 Å². The van der Waals surface area contributed by atoms with Crippen molar-refractivity contribution >= 4 is 46.4 Å². The number of carbonyl (C=O) groups excluding carboxylic acids is 2. The van der Waals surface area contributed by atoms with Crippen molar-refractivity contribution in [1.82, 2.24) is 14.6 Å². The van der Waals surface area contributed by atoms with Gasteiger partial charge in [-0.15, -0.1) is 4.72 Å². The molecule has 2 aliphatic rings. The molecule has 3 amide bonds. The van der Waals surface area contributed by atoms with E-state index in [0.717, 1.165) is 19.3 Å². The molecule has 10 nitrogen and oxygen atoms in total. The predicted molar refractivity (Wildman–Crippen MR) is 184 cm³/mol. The van der Waals surface area contributed by atoms with Crippen LogP contribution >= 0.6 is 11.6 Å². The highest BCUT2D eigenvalue weighted by Gasteiger charge is 2.44. The van der Waals surface area contributed by atoms with E-state index in [9.17, 15) is 19.4 Å². The number of carbonyl (C=O) groups is 2. The van der Waals surface area contributed by atoms with E-state index in [0.29, 0.717) is 34.1 Å². The summed E-state index contributed by atoms with van der Waals surface area (Å²) in [5.74, 6) is -0.490.